The van der Waals surface area contributed by atoms with Crippen molar-refractivity contribution in [2.45, 2.75) is 0 Å². The van der Waals surface area contributed by atoms with Crippen molar-refractivity contribution >= 4 is 15.9 Å². The van der Waals surface area contributed by atoms with Crippen LogP contribution in [0.5, 0.6) is 0 Å². The van der Waals surface area contributed by atoms with Crippen LogP contribution in [0.1, 0.15) is 2.74 Å². The van der Waals surface area contributed by atoms with E-state index in [-0.39, 0.29) is 12.3 Å². The van der Waals surface area contributed by atoms with E-state index in [1.54, 1.807) is 18.3 Å². The van der Waals surface area contributed by atoms with Crippen LogP contribution in [0.4, 0.5) is 0 Å². The second kappa shape index (κ2) is 3.06. The molecule has 0 atom stereocenters. The van der Waals surface area contributed by atoms with Gasteiger partial charge in [0.25, 0.3) is 0 Å². The van der Waals surface area contributed by atoms with Gasteiger partial charge in [-0.1, -0.05) is 15.9 Å². The van der Waals surface area contributed by atoms with Crippen molar-refractivity contribution in [3.8, 4) is 11.5 Å². The molecule has 0 bridgehead atoms. The number of hydrogen-bond donors (Lipinski definition) is 1. The molecular weight excluding hydrogens is 218 g/mol. The highest BCUT2D eigenvalue weighted by atomic mass is 79.9. The highest BCUT2D eigenvalue weighted by Crippen LogP contribution is 2.16. The first-order valence-corrected chi connectivity index (χ1v) is 4.11. The number of rotatable bonds is 1. The van der Waals surface area contributed by atoms with Gasteiger partial charge in [-0.25, -0.2) is 4.98 Å². The summed E-state index contributed by atoms with van der Waals surface area (Å²) in [5, 5.41) is 0. The van der Waals surface area contributed by atoms with E-state index in [4.69, 9.17) is 2.74 Å². The van der Waals surface area contributed by atoms with Crippen LogP contribution in [0.15, 0.2) is 35.1 Å². The first-order valence-electron chi connectivity index (χ1n) is 4.32. The lowest BCUT2D eigenvalue weighted by atomic mass is 10.3. The Morgan fingerprint density at radius 1 is 1.50 bits per heavy atom. The van der Waals surface area contributed by atoms with Gasteiger partial charge < -0.3 is 4.98 Å². The van der Waals surface area contributed by atoms with Gasteiger partial charge in [0.2, 0.25) is 0 Å². The third kappa shape index (κ3) is 1.38. The maximum Gasteiger partial charge on any atom is 0.156 e. The quantitative estimate of drug-likeness (QED) is 0.809. The van der Waals surface area contributed by atoms with E-state index >= 15 is 0 Å². The smallest absolute Gasteiger partial charge is 0.156 e. The first-order chi connectivity index (χ1) is 6.66. The Morgan fingerprint density at radius 2 is 2.42 bits per heavy atom. The maximum atomic E-state index is 7.30. The highest BCUT2D eigenvalue weighted by molar-refractivity contribution is 9.10. The standard InChI is InChI=1S/C8H6BrN3/c9-6-1-2-10-7(5-6)8-11-3-4-12-8/h1-5H,(H,11,12)/i3D,4D. The second-order valence-electron chi connectivity index (χ2n) is 2.18. The van der Waals surface area contributed by atoms with Gasteiger partial charge in [0.05, 0.1) is 2.74 Å². The van der Waals surface area contributed by atoms with Crippen molar-refractivity contribution in [1.82, 2.24) is 15.0 Å². The van der Waals surface area contributed by atoms with Crippen molar-refractivity contribution in [2.24, 2.45) is 0 Å². The Balaban J connectivity index is 2.49. The highest BCUT2D eigenvalue weighted by Gasteiger charge is 1.99. The van der Waals surface area contributed by atoms with Crippen LogP contribution in [0.2, 0.25) is 0 Å². The predicted octanol–water partition coefficient (Wildman–Crippen LogP) is 2.23. The number of imidazole rings is 1. The minimum atomic E-state index is -0.0678. The molecule has 0 saturated carbocycles. The van der Waals surface area contributed by atoms with Gasteiger partial charge in [0.15, 0.2) is 5.82 Å². The Hall–Kier alpha value is -1.16. The van der Waals surface area contributed by atoms with Crippen LogP contribution in [0.3, 0.4) is 0 Å². The van der Waals surface area contributed by atoms with Crippen LogP contribution >= 0.6 is 15.9 Å². The third-order valence-electron chi connectivity index (χ3n) is 1.37. The minimum Gasteiger partial charge on any atom is -0.343 e. The first kappa shape index (κ1) is 5.48. The fourth-order valence-electron chi connectivity index (χ4n) is 0.855. The number of aromatic amines is 1. The van der Waals surface area contributed by atoms with Crippen LogP contribution < -0.4 is 0 Å². The summed E-state index contributed by atoms with van der Waals surface area (Å²) in [7, 11) is 0. The van der Waals surface area contributed by atoms with Crippen LogP contribution in [0, 0.1) is 0 Å². The largest absolute Gasteiger partial charge is 0.343 e. The van der Waals surface area contributed by atoms with E-state index < -0.39 is 0 Å². The van der Waals surface area contributed by atoms with E-state index in [0.717, 1.165) is 4.47 Å². The fraction of sp³-hybridized carbons (Fsp3) is 0. The molecule has 0 spiro atoms. The molecule has 2 heterocycles. The number of pyridine rings is 1. The van der Waals surface area contributed by atoms with Crippen LogP contribution in [-0.2, 0) is 0 Å². The SMILES string of the molecule is [2H]c1nc(-c2cc(Br)ccn2)[nH]c1[2H]. The monoisotopic (exact) mass is 225 g/mol. The number of H-pyrrole nitrogens is 1. The van der Waals surface area contributed by atoms with Gasteiger partial charge >= 0.3 is 0 Å². The summed E-state index contributed by atoms with van der Waals surface area (Å²) in [4.78, 5) is 10.6. The second-order valence-corrected chi connectivity index (χ2v) is 3.10. The van der Waals surface area contributed by atoms with Crippen molar-refractivity contribution in [3.63, 3.8) is 0 Å². The molecule has 0 radical (unpaired) electrons. The Kier molecular flexibility index (Phi) is 1.40. The summed E-state index contributed by atoms with van der Waals surface area (Å²) in [6, 6.07) is 3.58. The topological polar surface area (TPSA) is 41.6 Å². The lowest BCUT2D eigenvalue weighted by molar-refractivity contribution is 1.22. The van der Waals surface area contributed by atoms with Gasteiger partial charge in [0.1, 0.15) is 5.69 Å². The normalized spacial score (nSPS) is 12.4. The third-order valence-corrected chi connectivity index (χ3v) is 1.86. The molecule has 0 unspecified atom stereocenters. The van der Waals surface area contributed by atoms with E-state index in [1.807, 2.05) is 0 Å². The molecule has 0 aromatic carbocycles. The van der Waals surface area contributed by atoms with Gasteiger partial charge in [-0.3, -0.25) is 4.98 Å². The summed E-state index contributed by atoms with van der Waals surface area (Å²) in [5.41, 5.74) is 0.617. The minimum absolute atomic E-state index is 0.00164. The molecule has 12 heavy (non-hydrogen) atoms. The van der Waals surface area contributed by atoms with E-state index in [2.05, 4.69) is 30.9 Å². The molecule has 0 aliphatic carbocycles. The van der Waals surface area contributed by atoms with Crippen molar-refractivity contribution in [3.05, 3.63) is 35.1 Å². The molecule has 4 heteroatoms. The predicted molar refractivity (Wildman–Crippen MR) is 49.5 cm³/mol. The van der Waals surface area contributed by atoms with Gasteiger partial charge in [-0.15, -0.1) is 0 Å². The number of halogens is 1. The molecule has 0 fully saturated rings. The molecule has 2 aromatic rings. The molecule has 1 N–H and O–H groups in total. The van der Waals surface area contributed by atoms with Crippen molar-refractivity contribution in [2.75, 3.05) is 0 Å². The van der Waals surface area contributed by atoms with E-state index in [0.29, 0.717) is 11.5 Å². The summed E-state index contributed by atoms with van der Waals surface area (Å²) in [6.07, 6.45) is 1.57. The number of nitrogens with one attached hydrogen (secondary N) is 1. The number of nitrogens with zero attached hydrogens (tertiary/aromatic N) is 2. The number of aromatic nitrogens is 3. The molecule has 0 amide bonds. The average Bonchev–Trinajstić information content (AvgIpc) is 2.47. The lowest BCUT2D eigenvalue weighted by Crippen LogP contribution is -1.83. The zero-order valence-corrected chi connectivity index (χ0v) is 7.59. The Labute approximate surface area is 80.8 Å². The fourth-order valence-corrected chi connectivity index (χ4v) is 1.19. The molecule has 0 saturated heterocycles. The van der Waals surface area contributed by atoms with Crippen LogP contribution in [-0.4, -0.2) is 15.0 Å². The zero-order chi connectivity index (χ0) is 10.1. The molecule has 0 aliphatic rings. The summed E-state index contributed by atoms with van der Waals surface area (Å²) >= 11 is 3.31. The Bertz CT molecular complexity index is 450. The maximum absolute atomic E-state index is 7.30. The van der Waals surface area contributed by atoms with Gasteiger partial charge in [-0.2, -0.15) is 0 Å². The summed E-state index contributed by atoms with van der Waals surface area (Å²) in [6.45, 7) is 0. The average molecular weight is 226 g/mol. The van der Waals surface area contributed by atoms with Crippen LogP contribution in [0.25, 0.3) is 11.5 Å². The van der Waals surface area contributed by atoms with E-state index in [9.17, 15) is 0 Å². The Morgan fingerprint density at radius 3 is 3.08 bits per heavy atom. The molecule has 60 valence electrons. The van der Waals surface area contributed by atoms with Gasteiger partial charge in [-0.05, 0) is 12.1 Å². The lowest BCUT2D eigenvalue weighted by Gasteiger charge is -1.94. The van der Waals surface area contributed by atoms with Crippen molar-refractivity contribution in [1.29, 1.82) is 0 Å². The zero-order valence-electron chi connectivity index (χ0n) is 8.00. The molecule has 0 aliphatic heterocycles. The summed E-state index contributed by atoms with van der Waals surface area (Å²) in [5.74, 6) is 0.446. The molecule has 2 aromatic heterocycles. The molecule has 3 nitrogen and oxygen atoms in total. The molecule has 2 rings (SSSR count). The van der Waals surface area contributed by atoms with Crippen molar-refractivity contribution < 1.29 is 2.74 Å². The van der Waals surface area contributed by atoms with Gasteiger partial charge in [0, 0.05) is 23.0 Å². The van der Waals surface area contributed by atoms with E-state index in [1.165, 1.54) is 0 Å². The molecular formula is C8H6BrN3. The summed E-state index contributed by atoms with van der Waals surface area (Å²) < 4.78 is 15.5. The number of hydrogen-bond acceptors (Lipinski definition) is 2.